The number of rotatable bonds is 2. The summed E-state index contributed by atoms with van der Waals surface area (Å²) in [6.45, 7) is 1.58. The largest absolute Gasteiger partial charge is 0.481 e. The third-order valence-corrected chi connectivity index (χ3v) is 1.34. The van der Waals surface area contributed by atoms with Crippen molar-refractivity contribution >= 4 is 5.97 Å². The summed E-state index contributed by atoms with van der Waals surface area (Å²) in [6, 6.07) is 3.33. The first-order valence-electron chi connectivity index (χ1n) is 2.98. The summed E-state index contributed by atoms with van der Waals surface area (Å²) >= 11 is 0. The van der Waals surface area contributed by atoms with Gasteiger partial charge in [-0.1, -0.05) is 0 Å². The number of furan rings is 1. The zero-order valence-electron chi connectivity index (χ0n) is 5.57. The Hall–Kier alpha value is -1.25. The lowest BCUT2D eigenvalue weighted by Crippen LogP contribution is -2.05. The molecule has 3 heteroatoms. The van der Waals surface area contributed by atoms with Crippen LogP contribution in [0.15, 0.2) is 22.8 Å². The van der Waals surface area contributed by atoms with E-state index in [-0.39, 0.29) is 0 Å². The monoisotopic (exact) mass is 140 g/mol. The van der Waals surface area contributed by atoms with Crippen LogP contribution in [0.1, 0.15) is 18.6 Å². The van der Waals surface area contributed by atoms with Gasteiger partial charge in [0.15, 0.2) is 0 Å². The Bertz CT molecular complexity index is 213. The Morgan fingerprint density at radius 3 is 2.90 bits per heavy atom. The second-order valence-electron chi connectivity index (χ2n) is 2.08. The predicted octanol–water partition coefficient (Wildman–Crippen LogP) is 1.47. The van der Waals surface area contributed by atoms with Gasteiger partial charge in [-0.2, -0.15) is 0 Å². The average Bonchev–Trinajstić information content (AvgIpc) is 2.36. The Labute approximate surface area is 58.3 Å². The van der Waals surface area contributed by atoms with Gasteiger partial charge >= 0.3 is 5.97 Å². The van der Waals surface area contributed by atoms with Gasteiger partial charge in [-0.25, -0.2) is 0 Å². The molecule has 0 unspecified atom stereocenters. The van der Waals surface area contributed by atoms with Gasteiger partial charge in [0.2, 0.25) is 0 Å². The molecule has 0 amide bonds. The minimum absolute atomic E-state index is 0.493. The number of aliphatic carboxylic acids is 1. The molecule has 0 bridgehead atoms. The van der Waals surface area contributed by atoms with Gasteiger partial charge < -0.3 is 9.52 Å². The Morgan fingerprint density at radius 1 is 1.80 bits per heavy atom. The molecule has 1 N–H and O–H groups in total. The third kappa shape index (κ3) is 1.18. The highest BCUT2D eigenvalue weighted by Gasteiger charge is 2.15. The van der Waals surface area contributed by atoms with E-state index in [0.717, 1.165) is 0 Å². The minimum atomic E-state index is -0.866. The lowest BCUT2D eigenvalue weighted by molar-refractivity contribution is -0.138. The highest BCUT2D eigenvalue weighted by Crippen LogP contribution is 2.14. The van der Waals surface area contributed by atoms with E-state index in [0.29, 0.717) is 5.76 Å². The lowest BCUT2D eigenvalue weighted by Gasteiger charge is -1.98. The van der Waals surface area contributed by atoms with Gasteiger partial charge in [0.05, 0.1) is 6.26 Å². The van der Waals surface area contributed by atoms with Crippen LogP contribution in [0.3, 0.4) is 0 Å². The van der Waals surface area contributed by atoms with Gasteiger partial charge in [0.25, 0.3) is 0 Å². The van der Waals surface area contributed by atoms with Crippen molar-refractivity contribution in [3.05, 3.63) is 24.2 Å². The SMILES string of the molecule is C[C@@H](C(=O)O)c1ccco1. The molecule has 3 nitrogen and oxygen atoms in total. The van der Waals surface area contributed by atoms with Crippen molar-refractivity contribution in [2.75, 3.05) is 0 Å². The fourth-order valence-corrected chi connectivity index (χ4v) is 0.659. The van der Waals surface area contributed by atoms with Gasteiger partial charge in [0, 0.05) is 0 Å². The number of hydrogen-bond acceptors (Lipinski definition) is 2. The van der Waals surface area contributed by atoms with Crippen molar-refractivity contribution in [2.45, 2.75) is 12.8 Å². The van der Waals surface area contributed by atoms with E-state index in [1.807, 2.05) is 0 Å². The Balaban J connectivity index is 2.77. The van der Waals surface area contributed by atoms with Gasteiger partial charge in [-0.05, 0) is 19.1 Å². The molecule has 1 heterocycles. The molecule has 0 saturated carbocycles. The third-order valence-electron chi connectivity index (χ3n) is 1.34. The highest BCUT2D eigenvalue weighted by molar-refractivity contribution is 5.74. The molecular weight excluding hydrogens is 132 g/mol. The molecule has 54 valence electrons. The lowest BCUT2D eigenvalue weighted by atomic mass is 10.1. The molecule has 10 heavy (non-hydrogen) atoms. The summed E-state index contributed by atoms with van der Waals surface area (Å²) in [5.74, 6) is -0.919. The van der Waals surface area contributed by atoms with Crippen molar-refractivity contribution in [1.29, 1.82) is 0 Å². The van der Waals surface area contributed by atoms with Crippen molar-refractivity contribution in [3.8, 4) is 0 Å². The molecule has 0 aliphatic carbocycles. The zero-order chi connectivity index (χ0) is 7.56. The molecule has 1 aromatic heterocycles. The van der Waals surface area contributed by atoms with E-state index < -0.39 is 11.9 Å². The molecule has 0 fully saturated rings. The molecule has 0 saturated heterocycles. The summed E-state index contributed by atoms with van der Waals surface area (Å²) < 4.78 is 4.88. The number of carbonyl (C=O) groups is 1. The topological polar surface area (TPSA) is 50.4 Å². The molecular formula is C7H8O3. The van der Waals surface area contributed by atoms with Crippen molar-refractivity contribution in [1.82, 2.24) is 0 Å². The van der Waals surface area contributed by atoms with Crippen LogP contribution in [0.25, 0.3) is 0 Å². The maximum absolute atomic E-state index is 10.3. The van der Waals surface area contributed by atoms with E-state index in [2.05, 4.69) is 0 Å². The predicted molar refractivity (Wildman–Crippen MR) is 34.8 cm³/mol. The number of hydrogen-bond donors (Lipinski definition) is 1. The first kappa shape index (κ1) is 6.86. The van der Waals surface area contributed by atoms with Crippen molar-refractivity contribution in [2.24, 2.45) is 0 Å². The molecule has 1 atom stereocenters. The number of carboxylic acid groups (broad SMARTS) is 1. The van der Waals surface area contributed by atoms with Crippen LogP contribution in [-0.2, 0) is 4.79 Å². The quantitative estimate of drug-likeness (QED) is 0.676. The van der Waals surface area contributed by atoms with E-state index in [1.54, 1.807) is 19.1 Å². The summed E-state index contributed by atoms with van der Waals surface area (Å²) in [6.07, 6.45) is 1.47. The zero-order valence-corrected chi connectivity index (χ0v) is 5.57. The average molecular weight is 140 g/mol. The van der Waals surface area contributed by atoms with Gasteiger partial charge in [0.1, 0.15) is 11.7 Å². The maximum atomic E-state index is 10.3. The smallest absolute Gasteiger partial charge is 0.313 e. The van der Waals surface area contributed by atoms with Crippen LogP contribution >= 0.6 is 0 Å². The molecule has 1 rings (SSSR count). The Morgan fingerprint density at radius 2 is 2.50 bits per heavy atom. The van der Waals surface area contributed by atoms with E-state index in [9.17, 15) is 4.79 Å². The van der Waals surface area contributed by atoms with Crippen molar-refractivity contribution < 1.29 is 14.3 Å². The second kappa shape index (κ2) is 2.56. The number of carboxylic acids is 1. The molecule has 0 aromatic carbocycles. The van der Waals surface area contributed by atoms with E-state index >= 15 is 0 Å². The summed E-state index contributed by atoms with van der Waals surface area (Å²) in [5.41, 5.74) is 0. The fraction of sp³-hybridized carbons (Fsp3) is 0.286. The van der Waals surface area contributed by atoms with Crippen LogP contribution in [-0.4, -0.2) is 11.1 Å². The first-order valence-corrected chi connectivity index (χ1v) is 2.98. The molecule has 0 radical (unpaired) electrons. The van der Waals surface area contributed by atoms with Crippen molar-refractivity contribution in [3.63, 3.8) is 0 Å². The molecule has 1 aromatic rings. The normalized spacial score (nSPS) is 12.9. The maximum Gasteiger partial charge on any atom is 0.313 e. The van der Waals surface area contributed by atoms with Crippen LogP contribution in [0.5, 0.6) is 0 Å². The van der Waals surface area contributed by atoms with E-state index in [4.69, 9.17) is 9.52 Å². The summed E-state index contributed by atoms with van der Waals surface area (Å²) in [5, 5.41) is 8.49. The minimum Gasteiger partial charge on any atom is -0.481 e. The van der Waals surface area contributed by atoms with Crippen LogP contribution in [0.2, 0.25) is 0 Å². The van der Waals surface area contributed by atoms with Crippen LogP contribution < -0.4 is 0 Å². The van der Waals surface area contributed by atoms with Gasteiger partial charge in [-0.3, -0.25) is 4.79 Å². The molecule has 0 aliphatic heterocycles. The van der Waals surface area contributed by atoms with E-state index in [1.165, 1.54) is 6.26 Å². The molecule has 0 aliphatic rings. The summed E-state index contributed by atoms with van der Waals surface area (Å²) in [4.78, 5) is 10.3. The first-order chi connectivity index (χ1) is 4.72. The summed E-state index contributed by atoms with van der Waals surface area (Å²) in [7, 11) is 0. The second-order valence-corrected chi connectivity index (χ2v) is 2.08. The highest BCUT2D eigenvalue weighted by atomic mass is 16.4. The molecule has 0 spiro atoms. The standard InChI is InChI=1S/C7H8O3/c1-5(7(8)9)6-3-2-4-10-6/h2-5H,1H3,(H,8,9)/t5-/m1/s1. The fourth-order valence-electron chi connectivity index (χ4n) is 0.659. The van der Waals surface area contributed by atoms with Gasteiger partial charge in [-0.15, -0.1) is 0 Å². The van der Waals surface area contributed by atoms with Crippen LogP contribution in [0, 0.1) is 0 Å². The Kier molecular flexibility index (Phi) is 1.76. The van der Waals surface area contributed by atoms with Crippen LogP contribution in [0.4, 0.5) is 0 Å².